The topological polar surface area (TPSA) is 30.7 Å². The zero-order valence-corrected chi connectivity index (χ0v) is 18.2. The molecule has 6 heteroatoms. The van der Waals surface area contributed by atoms with Gasteiger partial charge in [-0.1, -0.05) is 73.1 Å². The molecule has 0 fully saturated rings. The van der Waals surface area contributed by atoms with Gasteiger partial charge in [-0.2, -0.15) is 0 Å². The van der Waals surface area contributed by atoms with Crippen LogP contribution in [0.1, 0.15) is 50.8 Å². The largest absolute Gasteiger partial charge is 0.299 e. The molecule has 0 amide bonds. The highest BCUT2D eigenvalue weighted by Gasteiger charge is 2.19. The van der Waals surface area contributed by atoms with Crippen molar-refractivity contribution in [2.75, 3.05) is 0 Å². The van der Waals surface area contributed by atoms with Gasteiger partial charge >= 0.3 is 0 Å². The van der Waals surface area contributed by atoms with Crippen molar-refractivity contribution in [1.29, 1.82) is 0 Å². The second kappa shape index (κ2) is 8.68. The number of thioether (sulfide) groups is 1. The Morgan fingerprint density at radius 3 is 2.26 bits per heavy atom. The lowest BCUT2D eigenvalue weighted by Gasteiger charge is -2.14. The fraction of sp³-hybridized carbons (Fsp3) is 0.333. The summed E-state index contributed by atoms with van der Waals surface area (Å²) in [4.78, 5) is 0. The third-order valence-corrected chi connectivity index (χ3v) is 5.93. The van der Waals surface area contributed by atoms with Crippen LogP contribution in [0.5, 0.6) is 0 Å². The van der Waals surface area contributed by atoms with Crippen LogP contribution in [-0.2, 0) is 5.75 Å². The number of hydrogen-bond donors (Lipinski definition) is 0. The summed E-state index contributed by atoms with van der Waals surface area (Å²) < 4.78 is 2.13. The fourth-order valence-corrected chi connectivity index (χ4v) is 4.36. The van der Waals surface area contributed by atoms with Crippen molar-refractivity contribution in [3.05, 3.63) is 63.6 Å². The molecule has 3 rings (SSSR count). The average molecular weight is 420 g/mol. The molecule has 0 saturated heterocycles. The second-order valence-corrected chi connectivity index (χ2v) is 8.87. The van der Waals surface area contributed by atoms with Crippen LogP contribution < -0.4 is 0 Å². The summed E-state index contributed by atoms with van der Waals surface area (Å²) in [7, 11) is 0. The van der Waals surface area contributed by atoms with Crippen LogP contribution in [-0.4, -0.2) is 14.8 Å². The highest BCUT2D eigenvalue weighted by Crippen LogP contribution is 2.34. The molecule has 3 aromatic rings. The van der Waals surface area contributed by atoms with Crippen molar-refractivity contribution in [1.82, 2.24) is 14.8 Å². The Balaban J connectivity index is 1.85. The molecule has 0 N–H and O–H groups in total. The minimum Gasteiger partial charge on any atom is -0.299 e. The van der Waals surface area contributed by atoms with E-state index in [0.29, 0.717) is 16.0 Å². The van der Waals surface area contributed by atoms with Crippen molar-refractivity contribution in [2.45, 2.75) is 50.6 Å². The van der Waals surface area contributed by atoms with E-state index in [2.05, 4.69) is 66.7 Å². The molecule has 0 aliphatic rings. The molecule has 1 aromatic heterocycles. The van der Waals surface area contributed by atoms with Crippen LogP contribution in [0.15, 0.2) is 47.6 Å². The van der Waals surface area contributed by atoms with Gasteiger partial charge in [0.05, 0.1) is 5.02 Å². The van der Waals surface area contributed by atoms with E-state index in [1.165, 1.54) is 11.1 Å². The predicted molar refractivity (Wildman–Crippen MR) is 116 cm³/mol. The normalized spacial score (nSPS) is 11.6. The van der Waals surface area contributed by atoms with Crippen molar-refractivity contribution in [3.8, 4) is 11.4 Å². The molecule has 3 nitrogen and oxygen atoms in total. The van der Waals surface area contributed by atoms with Gasteiger partial charge in [0.25, 0.3) is 0 Å². The highest BCUT2D eigenvalue weighted by molar-refractivity contribution is 7.98. The minimum absolute atomic E-state index is 0.215. The van der Waals surface area contributed by atoms with Gasteiger partial charge in [0, 0.05) is 22.4 Å². The molecular weight excluding hydrogens is 397 g/mol. The Morgan fingerprint density at radius 2 is 1.67 bits per heavy atom. The SMILES string of the molecule is CC(C)c1ccc(CSc2nnc(-c3ccc(Cl)cc3Cl)n2C(C)C)cc1. The Morgan fingerprint density at radius 1 is 0.963 bits per heavy atom. The van der Waals surface area contributed by atoms with Crippen LogP contribution in [0.3, 0.4) is 0 Å². The van der Waals surface area contributed by atoms with Crippen molar-refractivity contribution < 1.29 is 0 Å². The first-order valence-electron chi connectivity index (χ1n) is 8.98. The number of benzene rings is 2. The molecule has 1 heterocycles. The summed E-state index contributed by atoms with van der Waals surface area (Å²) in [5, 5.41) is 10.9. The second-order valence-electron chi connectivity index (χ2n) is 7.08. The minimum atomic E-state index is 0.215. The molecule has 142 valence electrons. The van der Waals surface area contributed by atoms with Gasteiger partial charge in [-0.05, 0) is 49.1 Å². The van der Waals surface area contributed by atoms with Crippen molar-refractivity contribution in [2.24, 2.45) is 0 Å². The maximum absolute atomic E-state index is 6.39. The molecule has 0 spiro atoms. The van der Waals surface area contributed by atoms with E-state index in [0.717, 1.165) is 22.3 Å². The van der Waals surface area contributed by atoms with Gasteiger partial charge in [-0.3, -0.25) is 4.57 Å². The molecule has 0 radical (unpaired) electrons. The molecule has 2 aromatic carbocycles. The van der Waals surface area contributed by atoms with Gasteiger partial charge in [-0.15, -0.1) is 10.2 Å². The standard InChI is InChI=1S/C21H23Cl2N3S/c1-13(2)16-7-5-15(6-8-16)12-27-21-25-24-20(26(21)14(3)4)18-10-9-17(22)11-19(18)23/h5-11,13-14H,12H2,1-4H3. The van der Waals surface area contributed by atoms with Crippen molar-refractivity contribution in [3.63, 3.8) is 0 Å². The van der Waals surface area contributed by atoms with Crippen LogP contribution in [0.25, 0.3) is 11.4 Å². The Kier molecular flexibility index (Phi) is 6.51. The van der Waals surface area contributed by atoms with Crippen LogP contribution in [0, 0.1) is 0 Å². The zero-order valence-electron chi connectivity index (χ0n) is 15.9. The molecule has 0 aliphatic carbocycles. The fourth-order valence-electron chi connectivity index (χ4n) is 2.84. The molecule has 0 aliphatic heterocycles. The summed E-state index contributed by atoms with van der Waals surface area (Å²) in [5.74, 6) is 2.16. The Bertz CT molecular complexity index is 918. The van der Waals surface area contributed by atoms with Crippen LogP contribution in [0.4, 0.5) is 0 Å². The Hall–Kier alpha value is -1.49. The van der Waals surface area contributed by atoms with Gasteiger partial charge in [-0.25, -0.2) is 0 Å². The van der Waals surface area contributed by atoms with E-state index < -0.39 is 0 Å². The predicted octanol–water partition coefficient (Wildman–Crippen LogP) is 7.25. The van der Waals surface area contributed by atoms with E-state index in [-0.39, 0.29) is 6.04 Å². The number of rotatable bonds is 6. The summed E-state index contributed by atoms with van der Waals surface area (Å²) in [6.45, 7) is 8.66. The van der Waals surface area contributed by atoms with Crippen LogP contribution in [0.2, 0.25) is 10.0 Å². The Labute approximate surface area is 175 Å². The zero-order chi connectivity index (χ0) is 19.6. The molecule has 0 bridgehead atoms. The number of nitrogens with zero attached hydrogens (tertiary/aromatic N) is 3. The molecule has 0 atom stereocenters. The third kappa shape index (κ3) is 4.68. The molecular formula is C21H23Cl2N3S. The lowest BCUT2D eigenvalue weighted by molar-refractivity contribution is 0.555. The first-order valence-corrected chi connectivity index (χ1v) is 10.7. The summed E-state index contributed by atoms with van der Waals surface area (Å²) in [5.41, 5.74) is 3.47. The van der Waals surface area contributed by atoms with Gasteiger partial charge in [0.15, 0.2) is 11.0 Å². The number of hydrogen-bond acceptors (Lipinski definition) is 3. The summed E-state index contributed by atoms with van der Waals surface area (Å²) in [6.07, 6.45) is 0. The van der Waals surface area contributed by atoms with Gasteiger partial charge < -0.3 is 0 Å². The smallest absolute Gasteiger partial charge is 0.192 e. The van der Waals surface area contributed by atoms with Crippen molar-refractivity contribution >= 4 is 35.0 Å². The lowest BCUT2D eigenvalue weighted by atomic mass is 10.0. The monoisotopic (exact) mass is 419 g/mol. The summed E-state index contributed by atoms with van der Waals surface area (Å²) in [6, 6.07) is 14.5. The number of aromatic nitrogens is 3. The molecule has 27 heavy (non-hydrogen) atoms. The molecule has 0 saturated carbocycles. The maximum atomic E-state index is 6.39. The van der Waals surface area contributed by atoms with E-state index >= 15 is 0 Å². The lowest BCUT2D eigenvalue weighted by Crippen LogP contribution is -2.05. The quantitative estimate of drug-likeness (QED) is 0.394. The van der Waals surface area contributed by atoms with E-state index in [1.54, 1.807) is 17.8 Å². The van der Waals surface area contributed by atoms with E-state index in [1.807, 2.05) is 12.1 Å². The van der Waals surface area contributed by atoms with Crippen LogP contribution >= 0.6 is 35.0 Å². The van der Waals surface area contributed by atoms with Gasteiger partial charge in [0.1, 0.15) is 0 Å². The first kappa shape index (κ1) is 20.2. The third-order valence-electron chi connectivity index (χ3n) is 4.37. The van der Waals surface area contributed by atoms with E-state index in [9.17, 15) is 0 Å². The molecule has 0 unspecified atom stereocenters. The summed E-state index contributed by atoms with van der Waals surface area (Å²) >= 11 is 14.1. The number of halogens is 2. The average Bonchev–Trinajstić information content (AvgIpc) is 3.04. The highest BCUT2D eigenvalue weighted by atomic mass is 35.5. The first-order chi connectivity index (χ1) is 12.9. The van der Waals surface area contributed by atoms with E-state index in [4.69, 9.17) is 23.2 Å². The van der Waals surface area contributed by atoms with Gasteiger partial charge in [0.2, 0.25) is 0 Å². The maximum Gasteiger partial charge on any atom is 0.192 e.